The number of rotatable bonds is 11. The second-order valence-corrected chi connectivity index (χ2v) is 9.82. The van der Waals surface area contributed by atoms with Crippen molar-refractivity contribution >= 4 is 29.7 Å². The van der Waals surface area contributed by atoms with E-state index in [1.165, 1.54) is 11.8 Å². The molecule has 182 valence electrons. The Morgan fingerprint density at radius 3 is 2.09 bits per heavy atom. The van der Waals surface area contributed by atoms with Gasteiger partial charge in [-0.1, -0.05) is 62.4 Å². The van der Waals surface area contributed by atoms with E-state index in [0.29, 0.717) is 18.6 Å². The molecule has 0 bridgehead atoms. The van der Waals surface area contributed by atoms with E-state index >= 15 is 0 Å². The van der Waals surface area contributed by atoms with Gasteiger partial charge in [-0.25, -0.2) is 9.59 Å². The molecule has 2 unspecified atom stereocenters. The number of carboxylic acid groups (broad SMARTS) is 1. The van der Waals surface area contributed by atoms with Crippen LogP contribution < -0.4 is 10.6 Å². The fourth-order valence-corrected chi connectivity index (χ4v) is 4.72. The van der Waals surface area contributed by atoms with Crippen LogP contribution in [0.15, 0.2) is 48.5 Å². The smallest absolute Gasteiger partial charge is 0.407 e. The Balaban J connectivity index is 1.65. The van der Waals surface area contributed by atoms with Crippen LogP contribution in [0.25, 0.3) is 11.1 Å². The molecule has 0 spiro atoms. The van der Waals surface area contributed by atoms with E-state index in [4.69, 9.17) is 4.74 Å². The lowest BCUT2D eigenvalue weighted by atomic mass is 9.98. The quantitative estimate of drug-likeness (QED) is 0.440. The van der Waals surface area contributed by atoms with Crippen molar-refractivity contribution in [3.05, 3.63) is 59.7 Å². The fraction of sp³-hybridized carbons (Fsp3) is 0.423. The van der Waals surface area contributed by atoms with Gasteiger partial charge in [-0.3, -0.25) is 4.79 Å². The van der Waals surface area contributed by atoms with Crippen molar-refractivity contribution in [2.45, 2.75) is 44.7 Å². The minimum absolute atomic E-state index is 0.0848. The van der Waals surface area contributed by atoms with Crippen LogP contribution in [0.4, 0.5) is 4.79 Å². The Morgan fingerprint density at radius 1 is 0.971 bits per heavy atom. The van der Waals surface area contributed by atoms with Crippen LogP contribution >= 0.6 is 11.8 Å². The molecule has 0 heterocycles. The van der Waals surface area contributed by atoms with E-state index in [9.17, 15) is 19.5 Å². The van der Waals surface area contributed by atoms with Crippen molar-refractivity contribution in [2.24, 2.45) is 5.92 Å². The van der Waals surface area contributed by atoms with E-state index < -0.39 is 30.1 Å². The average molecular weight is 485 g/mol. The van der Waals surface area contributed by atoms with E-state index in [1.54, 1.807) is 0 Å². The third-order valence-corrected chi connectivity index (χ3v) is 6.53. The highest BCUT2D eigenvalue weighted by Gasteiger charge is 2.31. The maximum atomic E-state index is 12.8. The molecule has 7 nitrogen and oxygen atoms in total. The molecular formula is C26H32N2O5S. The topological polar surface area (TPSA) is 105 Å². The van der Waals surface area contributed by atoms with Crippen molar-refractivity contribution in [2.75, 3.05) is 18.6 Å². The summed E-state index contributed by atoms with van der Waals surface area (Å²) in [6.07, 6.45) is 1.85. The van der Waals surface area contributed by atoms with Crippen molar-refractivity contribution in [3.8, 4) is 11.1 Å². The lowest BCUT2D eigenvalue weighted by Gasteiger charge is -2.23. The third kappa shape index (κ3) is 6.32. The lowest BCUT2D eigenvalue weighted by molar-refractivity contribution is -0.142. The molecule has 0 aromatic heterocycles. The summed E-state index contributed by atoms with van der Waals surface area (Å²) >= 11 is 1.51. The van der Waals surface area contributed by atoms with Crippen LogP contribution in [0, 0.1) is 5.92 Å². The first-order chi connectivity index (χ1) is 16.3. The molecule has 1 aliphatic rings. The fourth-order valence-electron chi connectivity index (χ4n) is 4.25. The number of alkyl carbamates (subject to hydrolysis) is 1. The molecular weight excluding hydrogens is 452 g/mol. The number of fused-ring (bicyclic) bond motifs is 3. The first-order valence-corrected chi connectivity index (χ1v) is 12.8. The summed E-state index contributed by atoms with van der Waals surface area (Å²) in [6.45, 7) is 4.01. The zero-order chi connectivity index (χ0) is 24.7. The number of aliphatic carboxylic acids is 1. The van der Waals surface area contributed by atoms with Crippen LogP contribution in [-0.2, 0) is 14.3 Å². The molecule has 2 aromatic rings. The Hall–Kier alpha value is -3.00. The molecule has 3 N–H and O–H groups in total. The SMILES string of the molecule is CSCCC(NC(=O)C(CC(C)C)NC(=O)OCC1c2ccccc2-c2ccccc21)C(=O)O. The number of benzene rings is 2. The van der Waals surface area contributed by atoms with Gasteiger partial charge in [0.05, 0.1) is 0 Å². The second kappa shape index (κ2) is 11.9. The molecule has 2 amide bonds. The van der Waals surface area contributed by atoms with Crippen LogP contribution in [-0.4, -0.2) is 53.8 Å². The van der Waals surface area contributed by atoms with E-state index in [2.05, 4.69) is 22.8 Å². The van der Waals surface area contributed by atoms with Gasteiger partial charge in [0, 0.05) is 5.92 Å². The molecule has 0 saturated carbocycles. The number of thioether (sulfide) groups is 1. The molecule has 0 aliphatic heterocycles. The van der Waals surface area contributed by atoms with Crippen LogP contribution in [0.1, 0.15) is 43.7 Å². The highest BCUT2D eigenvalue weighted by Crippen LogP contribution is 2.44. The van der Waals surface area contributed by atoms with Crippen molar-refractivity contribution in [3.63, 3.8) is 0 Å². The monoisotopic (exact) mass is 484 g/mol. The highest BCUT2D eigenvalue weighted by atomic mass is 32.2. The number of carbonyl (C=O) groups is 3. The maximum absolute atomic E-state index is 12.8. The van der Waals surface area contributed by atoms with Gasteiger partial charge in [-0.05, 0) is 53.0 Å². The number of carbonyl (C=O) groups excluding carboxylic acids is 2. The molecule has 2 aromatic carbocycles. The second-order valence-electron chi connectivity index (χ2n) is 8.83. The third-order valence-electron chi connectivity index (χ3n) is 5.88. The van der Waals surface area contributed by atoms with Crippen molar-refractivity contribution in [1.29, 1.82) is 0 Å². The first kappa shape index (κ1) is 25.6. The van der Waals surface area contributed by atoms with E-state index in [1.807, 2.05) is 56.5 Å². The Bertz CT molecular complexity index is 980. The number of nitrogens with one attached hydrogen (secondary N) is 2. The highest BCUT2D eigenvalue weighted by molar-refractivity contribution is 7.98. The summed E-state index contributed by atoms with van der Waals surface area (Å²) < 4.78 is 5.57. The minimum atomic E-state index is -1.09. The number of hydrogen-bond donors (Lipinski definition) is 3. The van der Waals surface area contributed by atoms with Crippen LogP contribution in [0.2, 0.25) is 0 Å². The number of hydrogen-bond acceptors (Lipinski definition) is 5. The average Bonchev–Trinajstić information content (AvgIpc) is 3.13. The Labute approximate surface area is 204 Å². The number of amides is 2. The van der Waals surface area contributed by atoms with Crippen LogP contribution in [0.5, 0.6) is 0 Å². The predicted octanol–water partition coefficient (Wildman–Crippen LogP) is 4.26. The molecule has 2 atom stereocenters. The number of ether oxygens (including phenoxy) is 1. The van der Waals surface area contributed by atoms with Crippen molar-refractivity contribution in [1.82, 2.24) is 10.6 Å². The van der Waals surface area contributed by atoms with Gasteiger partial charge in [0.15, 0.2) is 0 Å². The minimum Gasteiger partial charge on any atom is -0.480 e. The Kier molecular flexibility index (Phi) is 8.98. The largest absolute Gasteiger partial charge is 0.480 e. The van der Waals surface area contributed by atoms with Crippen molar-refractivity contribution < 1.29 is 24.2 Å². The summed E-state index contributed by atoms with van der Waals surface area (Å²) in [5.41, 5.74) is 4.47. The molecule has 3 rings (SSSR count). The number of carboxylic acids is 1. The van der Waals surface area contributed by atoms with Crippen LogP contribution in [0.3, 0.4) is 0 Å². The van der Waals surface area contributed by atoms with E-state index in [-0.39, 0.29) is 18.4 Å². The maximum Gasteiger partial charge on any atom is 0.407 e. The summed E-state index contributed by atoms with van der Waals surface area (Å²) in [5.74, 6) is -0.980. The predicted molar refractivity (Wildman–Crippen MR) is 134 cm³/mol. The van der Waals surface area contributed by atoms with Gasteiger partial charge in [0.1, 0.15) is 18.7 Å². The Morgan fingerprint density at radius 2 is 1.56 bits per heavy atom. The standard InChI is InChI=1S/C26H32N2O5S/c1-16(2)14-23(24(29)27-22(25(30)31)12-13-34-3)28-26(32)33-15-21-19-10-6-4-8-17(19)18-9-5-7-11-20(18)21/h4-11,16,21-23H,12-15H2,1-3H3,(H,27,29)(H,28,32)(H,30,31). The molecule has 0 saturated heterocycles. The van der Waals surface area contributed by atoms with E-state index in [0.717, 1.165) is 22.3 Å². The molecule has 1 aliphatic carbocycles. The van der Waals surface area contributed by atoms with Gasteiger partial charge < -0.3 is 20.5 Å². The zero-order valence-electron chi connectivity index (χ0n) is 19.7. The normalized spacial score (nSPS) is 14.1. The van der Waals surface area contributed by atoms with Gasteiger partial charge >= 0.3 is 12.1 Å². The summed E-state index contributed by atoms with van der Waals surface area (Å²) in [4.78, 5) is 37.0. The summed E-state index contributed by atoms with van der Waals surface area (Å²) in [5, 5.41) is 14.6. The molecule has 0 fully saturated rings. The summed E-state index contributed by atoms with van der Waals surface area (Å²) in [7, 11) is 0. The van der Waals surface area contributed by atoms with Gasteiger partial charge in [-0.2, -0.15) is 11.8 Å². The van der Waals surface area contributed by atoms with Gasteiger partial charge in [0.2, 0.25) is 5.91 Å². The first-order valence-electron chi connectivity index (χ1n) is 11.5. The molecule has 0 radical (unpaired) electrons. The lowest BCUT2D eigenvalue weighted by Crippen LogP contribution is -2.52. The van der Waals surface area contributed by atoms with Gasteiger partial charge in [-0.15, -0.1) is 0 Å². The molecule has 34 heavy (non-hydrogen) atoms. The summed E-state index contributed by atoms with van der Waals surface area (Å²) in [6, 6.07) is 14.2. The zero-order valence-corrected chi connectivity index (χ0v) is 20.6. The molecule has 8 heteroatoms. The van der Waals surface area contributed by atoms with Gasteiger partial charge in [0.25, 0.3) is 0 Å².